The van der Waals surface area contributed by atoms with Gasteiger partial charge in [-0.15, -0.1) is 0 Å². The number of hydrogen-bond donors (Lipinski definition) is 2. The predicted octanol–water partition coefficient (Wildman–Crippen LogP) is 0.876. The average molecular weight is 300 g/mol. The van der Waals surface area contributed by atoms with Crippen molar-refractivity contribution in [3.8, 4) is 0 Å². The quantitative estimate of drug-likeness (QED) is 0.629. The molecule has 108 valence electrons. The normalized spacial score (nSPS) is 25.4. The fourth-order valence-corrected chi connectivity index (χ4v) is 2.59. The molecule has 1 aliphatic rings. The summed E-state index contributed by atoms with van der Waals surface area (Å²) in [5.41, 5.74) is -1.20. The standard InChI is InChI=1S/C11H12N2O6S/c1-11(10(15)16)5-19-4-7(11)12-9(14)6-2-3-8(20-6)13(17)18/h2-3,7H,4-5H2,1H3,(H,12,14)(H,15,16). The minimum atomic E-state index is -1.20. The van der Waals surface area contributed by atoms with Crippen LogP contribution in [0.2, 0.25) is 0 Å². The highest BCUT2D eigenvalue weighted by molar-refractivity contribution is 7.17. The van der Waals surface area contributed by atoms with E-state index in [0.29, 0.717) is 0 Å². The van der Waals surface area contributed by atoms with E-state index in [9.17, 15) is 24.8 Å². The van der Waals surface area contributed by atoms with Crippen LogP contribution in [0.5, 0.6) is 0 Å². The molecule has 1 fully saturated rings. The van der Waals surface area contributed by atoms with Gasteiger partial charge in [-0.05, 0) is 13.0 Å². The summed E-state index contributed by atoms with van der Waals surface area (Å²) in [6, 6.07) is 1.90. The van der Waals surface area contributed by atoms with Crippen LogP contribution in [0.25, 0.3) is 0 Å². The summed E-state index contributed by atoms with van der Waals surface area (Å²) >= 11 is 0.742. The van der Waals surface area contributed by atoms with Crippen LogP contribution < -0.4 is 5.32 Å². The number of carbonyl (C=O) groups excluding carboxylic acids is 1. The number of nitrogens with zero attached hydrogens (tertiary/aromatic N) is 1. The first kappa shape index (κ1) is 14.4. The molecule has 1 saturated heterocycles. The van der Waals surface area contributed by atoms with Gasteiger partial charge in [0.25, 0.3) is 5.91 Å². The molecule has 8 nitrogen and oxygen atoms in total. The Labute approximate surface area is 117 Å². The largest absolute Gasteiger partial charge is 0.481 e. The topological polar surface area (TPSA) is 119 Å². The highest BCUT2D eigenvalue weighted by Gasteiger charge is 2.47. The van der Waals surface area contributed by atoms with Gasteiger partial charge in [-0.1, -0.05) is 11.3 Å². The molecule has 0 aromatic carbocycles. The lowest BCUT2D eigenvalue weighted by Crippen LogP contribution is -2.49. The van der Waals surface area contributed by atoms with E-state index in [4.69, 9.17) is 4.74 Å². The van der Waals surface area contributed by atoms with Crippen molar-refractivity contribution in [1.82, 2.24) is 5.32 Å². The lowest BCUT2D eigenvalue weighted by molar-refractivity contribution is -0.380. The molecule has 0 spiro atoms. The molecule has 2 heterocycles. The molecule has 1 aromatic rings. The summed E-state index contributed by atoms with van der Waals surface area (Å²) in [5, 5.41) is 22.2. The zero-order chi connectivity index (χ0) is 14.9. The number of aliphatic carboxylic acids is 1. The molecule has 1 aromatic heterocycles. The Balaban J connectivity index is 2.11. The van der Waals surface area contributed by atoms with E-state index in [1.165, 1.54) is 19.1 Å². The Morgan fingerprint density at radius 3 is 2.85 bits per heavy atom. The molecule has 1 amide bonds. The first-order valence-corrected chi connectivity index (χ1v) is 6.52. The van der Waals surface area contributed by atoms with Gasteiger partial charge < -0.3 is 15.2 Å². The van der Waals surface area contributed by atoms with Crippen molar-refractivity contribution in [3.63, 3.8) is 0 Å². The van der Waals surface area contributed by atoms with Crippen molar-refractivity contribution < 1.29 is 24.4 Å². The van der Waals surface area contributed by atoms with Gasteiger partial charge in [0, 0.05) is 6.07 Å². The lowest BCUT2D eigenvalue weighted by atomic mass is 9.85. The van der Waals surface area contributed by atoms with Gasteiger partial charge in [-0.25, -0.2) is 0 Å². The summed E-state index contributed by atoms with van der Waals surface area (Å²) in [5.74, 6) is -1.59. The van der Waals surface area contributed by atoms with Crippen molar-refractivity contribution in [1.29, 1.82) is 0 Å². The second kappa shape index (κ2) is 5.17. The Hall–Kier alpha value is -2.00. The Morgan fingerprint density at radius 1 is 1.60 bits per heavy atom. The Bertz CT molecular complexity index is 571. The highest BCUT2D eigenvalue weighted by Crippen LogP contribution is 2.30. The van der Waals surface area contributed by atoms with Crippen LogP contribution in [0.3, 0.4) is 0 Å². The summed E-state index contributed by atoms with van der Waals surface area (Å²) in [4.78, 5) is 33.3. The Morgan fingerprint density at radius 2 is 2.30 bits per heavy atom. The fraction of sp³-hybridized carbons (Fsp3) is 0.455. The zero-order valence-corrected chi connectivity index (χ0v) is 11.3. The molecule has 2 atom stereocenters. The van der Waals surface area contributed by atoms with Gasteiger partial charge in [-0.3, -0.25) is 19.7 Å². The first-order valence-electron chi connectivity index (χ1n) is 5.71. The monoisotopic (exact) mass is 300 g/mol. The minimum Gasteiger partial charge on any atom is -0.481 e. The number of carbonyl (C=O) groups is 2. The van der Waals surface area contributed by atoms with E-state index in [1.807, 2.05) is 0 Å². The Kier molecular flexibility index (Phi) is 3.73. The molecular weight excluding hydrogens is 288 g/mol. The number of carboxylic acids is 1. The van der Waals surface area contributed by atoms with Gasteiger partial charge >= 0.3 is 11.0 Å². The molecule has 0 bridgehead atoms. The van der Waals surface area contributed by atoms with Crippen molar-refractivity contribution in [2.45, 2.75) is 13.0 Å². The average Bonchev–Trinajstić information content (AvgIpc) is 2.98. The SMILES string of the molecule is CC1(C(=O)O)COCC1NC(=O)c1ccc([N+](=O)[O-])s1. The number of amides is 1. The summed E-state index contributed by atoms with van der Waals surface area (Å²) < 4.78 is 5.11. The summed E-state index contributed by atoms with van der Waals surface area (Å²) in [6.07, 6.45) is 0. The molecule has 0 aliphatic carbocycles. The van der Waals surface area contributed by atoms with Crippen LogP contribution in [0.1, 0.15) is 16.6 Å². The van der Waals surface area contributed by atoms with Crippen molar-refractivity contribution in [2.75, 3.05) is 13.2 Å². The van der Waals surface area contributed by atoms with E-state index in [1.54, 1.807) is 0 Å². The van der Waals surface area contributed by atoms with Gasteiger partial charge in [0.05, 0.1) is 29.1 Å². The van der Waals surface area contributed by atoms with Crippen LogP contribution in [0.15, 0.2) is 12.1 Å². The van der Waals surface area contributed by atoms with E-state index >= 15 is 0 Å². The van der Waals surface area contributed by atoms with Crippen molar-refractivity contribution in [2.24, 2.45) is 5.41 Å². The van der Waals surface area contributed by atoms with Crippen LogP contribution in [0, 0.1) is 15.5 Å². The second-order valence-corrected chi connectivity index (χ2v) is 5.72. The van der Waals surface area contributed by atoms with Crippen molar-refractivity contribution in [3.05, 3.63) is 27.1 Å². The third kappa shape index (κ3) is 2.49. The number of hydrogen-bond acceptors (Lipinski definition) is 6. The predicted molar refractivity (Wildman–Crippen MR) is 68.8 cm³/mol. The molecule has 2 N–H and O–H groups in total. The third-order valence-electron chi connectivity index (χ3n) is 3.24. The first-order chi connectivity index (χ1) is 9.34. The molecular formula is C11H12N2O6S. The number of nitrogens with one attached hydrogen (secondary N) is 1. The van der Waals surface area contributed by atoms with Crippen LogP contribution in [-0.2, 0) is 9.53 Å². The van der Waals surface area contributed by atoms with Gasteiger partial charge in [0.1, 0.15) is 5.41 Å². The van der Waals surface area contributed by atoms with Gasteiger partial charge in [-0.2, -0.15) is 0 Å². The minimum absolute atomic E-state index is 0.0118. The molecule has 0 radical (unpaired) electrons. The maximum atomic E-state index is 12.0. The van der Waals surface area contributed by atoms with E-state index in [-0.39, 0.29) is 23.1 Å². The molecule has 9 heteroatoms. The van der Waals surface area contributed by atoms with Gasteiger partial charge in [0.15, 0.2) is 0 Å². The molecule has 1 aliphatic heterocycles. The molecule has 20 heavy (non-hydrogen) atoms. The van der Waals surface area contributed by atoms with E-state index in [2.05, 4.69) is 5.32 Å². The van der Waals surface area contributed by atoms with Crippen molar-refractivity contribution >= 4 is 28.2 Å². The summed E-state index contributed by atoms with van der Waals surface area (Å²) in [6.45, 7) is 1.60. The van der Waals surface area contributed by atoms with E-state index in [0.717, 1.165) is 11.3 Å². The fourth-order valence-electron chi connectivity index (χ4n) is 1.86. The summed E-state index contributed by atoms with van der Waals surface area (Å²) in [7, 11) is 0. The molecule has 2 rings (SSSR count). The highest BCUT2D eigenvalue weighted by atomic mass is 32.1. The smallest absolute Gasteiger partial charge is 0.324 e. The maximum Gasteiger partial charge on any atom is 0.324 e. The third-order valence-corrected chi connectivity index (χ3v) is 4.28. The number of ether oxygens (including phenoxy) is 1. The van der Waals surface area contributed by atoms with Gasteiger partial charge in [0.2, 0.25) is 0 Å². The number of carboxylic acid groups (broad SMARTS) is 1. The number of nitro groups is 1. The zero-order valence-electron chi connectivity index (χ0n) is 10.5. The van der Waals surface area contributed by atoms with E-state index < -0.39 is 28.3 Å². The number of rotatable bonds is 4. The van der Waals surface area contributed by atoms with Crippen LogP contribution >= 0.6 is 11.3 Å². The second-order valence-electron chi connectivity index (χ2n) is 4.66. The lowest BCUT2D eigenvalue weighted by Gasteiger charge is -2.25. The maximum absolute atomic E-state index is 12.0. The molecule has 2 unspecified atom stereocenters. The van der Waals surface area contributed by atoms with Crippen LogP contribution in [-0.4, -0.2) is 41.2 Å². The van der Waals surface area contributed by atoms with Crippen LogP contribution in [0.4, 0.5) is 5.00 Å². The number of thiophene rings is 1. The molecule has 0 saturated carbocycles.